The minimum Gasteiger partial charge on any atom is -0.338 e. The molecule has 3 heterocycles. The van der Waals surface area contributed by atoms with E-state index in [2.05, 4.69) is 15.6 Å². The number of hydrogen-bond acceptors (Lipinski definition) is 4. The van der Waals surface area contributed by atoms with Crippen molar-refractivity contribution in [3.05, 3.63) is 53.6 Å². The number of aromatic nitrogens is 2. The molecule has 0 atom stereocenters. The molecule has 8 heteroatoms. The van der Waals surface area contributed by atoms with Crippen LogP contribution < -0.4 is 5.43 Å². The van der Waals surface area contributed by atoms with Crippen molar-refractivity contribution < 1.29 is 14.0 Å². The number of likely N-dealkylation sites (tertiary alicyclic amines) is 1. The molecule has 2 aliphatic rings. The number of nitrogens with zero attached hydrogens (tertiary/aromatic N) is 3. The summed E-state index contributed by atoms with van der Waals surface area (Å²) in [5.74, 6) is -0.386. The first kappa shape index (κ1) is 17.7. The zero-order valence-corrected chi connectivity index (χ0v) is 14.9. The number of aromatic amines is 1. The van der Waals surface area contributed by atoms with Crippen LogP contribution >= 0.6 is 0 Å². The first-order chi connectivity index (χ1) is 13.1. The van der Waals surface area contributed by atoms with Crippen LogP contribution in [0.3, 0.4) is 0 Å². The van der Waals surface area contributed by atoms with Gasteiger partial charge in [0.25, 0.3) is 5.91 Å². The van der Waals surface area contributed by atoms with Crippen molar-refractivity contribution in [3.8, 4) is 0 Å². The number of amides is 2. The third kappa shape index (κ3) is 3.32. The number of hydrazine groups is 1. The number of carbonyl (C=O) groups excluding carboxylic acids is 2. The van der Waals surface area contributed by atoms with Crippen LogP contribution in [0.15, 0.2) is 36.7 Å². The minimum absolute atomic E-state index is 0.00702. The number of piperidine rings is 1. The molecule has 2 fully saturated rings. The van der Waals surface area contributed by atoms with Crippen molar-refractivity contribution in [1.29, 1.82) is 0 Å². The van der Waals surface area contributed by atoms with E-state index in [-0.39, 0.29) is 24.2 Å². The smallest absolute Gasteiger partial charge is 0.257 e. The van der Waals surface area contributed by atoms with Gasteiger partial charge in [0.2, 0.25) is 5.91 Å². The molecule has 1 aromatic heterocycles. The van der Waals surface area contributed by atoms with Gasteiger partial charge in [-0.25, -0.2) is 9.82 Å². The average molecular weight is 371 g/mol. The maximum Gasteiger partial charge on any atom is 0.257 e. The number of carbonyl (C=O) groups is 2. The maximum absolute atomic E-state index is 14.0. The molecule has 0 unspecified atom stereocenters. The highest BCUT2D eigenvalue weighted by atomic mass is 19.1. The van der Waals surface area contributed by atoms with Gasteiger partial charge in [0, 0.05) is 31.4 Å². The molecule has 142 valence electrons. The van der Waals surface area contributed by atoms with Gasteiger partial charge in [0.05, 0.1) is 23.7 Å². The van der Waals surface area contributed by atoms with Gasteiger partial charge in [-0.2, -0.15) is 5.10 Å². The molecule has 2 aliphatic heterocycles. The molecule has 2 saturated heterocycles. The molecular weight excluding hydrogens is 349 g/mol. The van der Waals surface area contributed by atoms with Crippen LogP contribution in [0.1, 0.15) is 35.2 Å². The van der Waals surface area contributed by atoms with E-state index in [0.717, 1.165) is 6.42 Å². The van der Waals surface area contributed by atoms with Crippen LogP contribution in [0, 0.1) is 11.2 Å². The molecule has 0 aliphatic carbocycles. The lowest BCUT2D eigenvalue weighted by Crippen LogP contribution is -2.59. The first-order valence-corrected chi connectivity index (χ1v) is 9.16. The van der Waals surface area contributed by atoms with E-state index in [4.69, 9.17) is 0 Å². The van der Waals surface area contributed by atoms with E-state index < -0.39 is 5.41 Å². The summed E-state index contributed by atoms with van der Waals surface area (Å²) in [7, 11) is 0. The van der Waals surface area contributed by atoms with E-state index in [1.54, 1.807) is 29.3 Å². The van der Waals surface area contributed by atoms with Crippen LogP contribution in [-0.4, -0.2) is 51.6 Å². The van der Waals surface area contributed by atoms with Gasteiger partial charge in [-0.05, 0) is 25.3 Å². The molecule has 7 nitrogen and oxygen atoms in total. The summed E-state index contributed by atoms with van der Waals surface area (Å²) in [6, 6.07) is 6.50. The SMILES string of the molecule is O=C(c1cn[nH]c1)N1CCC2(CCNN(Cc3ccccc3F)C2=O)CC1. The largest absolute Gasteiger partial charge is 0.338 e. The van der Waals surface area contributed by atoms with Crippen molar-refractivity contribution in [2.45, 2.75) is 25.8 Å². The summed E-state index contributed by atoms with van der Waals surface area (Å²) in [6.07, 6.45) is 5.06. The van der Waals surface area contributed by atoms with E-state index in [1.807, 2.05) is 0 Å². The van der Waals surface area contributed by atoms with Gasteiger partial charge in [-0.1, -0.05) is 18.2 Å². The molecule has 2 N–H and O–H groups in total. The number of H-pyrrole nitrogens is 1. The molecule has 2 amide bonds. The summed E-state index contributed by atoms with van der Waals surface area (Å²) in [5.41, 5.74) is 3.63. The molecule has 27 heavy (non-hydrogen) atoms. The number of rotatable bonds is 3. The van der Waals surface area contributed by atoms with Gasteiger partial charge in [-0.3, -0.25) is 19.7 Å². The zero-order valence-electron chi connectivity index (χ0n) is 14.9. The summed E-state index contributed by atoms with van der Waals surface area (Å²) in [6.45, 7) is 1.92. The van der Waals surface area contributed by atoms with Crippen LogP contribution in [0.5, 0.6) is 0 Å². The lowest BCUT2D eigenvalue weighted by atomic mass is 9.73. The third-order valence-electron chi connectivity index (χ3n) is 5.64. The van der Waals surface area contributed by atoms with E-state index in [0.29, 0.717) is 43.6 Å². The molecular formula is C19H22FN5O2. The number of benzene rings is 1. The summed E-state index contributed by atoms with van der Waals surface area (Å²) < 4.78 is 14.0. The topological polar surface area (TPSA) is 81.3 Å². The molecule has 1 aromatic carbocycles. The van der Waals surface area contributed by atoms with Gasteiger partial charge in [0.15, 0.2) is 0 Å². The molecule has 2 aromatic rings. The van der Waals surface area contributed by atoms with Crippen molar-refractivity contribution in [3.63, 3.8) is 0 Å². The first-order valence-electron chi connectivity index (χ1n) is 9.16. The Morgan fingerprint density at radius 1 is 1.22 bits per heavy atom. The van der Waals surface area contributed by atoms with E-state index >= 15 is 0 Å². The van der Waals surface area contributed by atoms with Crippen molar-refractivity contribution in [2.24, 2.45) is 5.41 Å². The van der Waals surface area contributed by atoms with E-state index in [9.17, 15) is 14.0 Å². The van der Waals surface area contributed by atoms with Crippen molar-refractivity contribution in [1.82, 2.24) is 25.5 Å². The predicted molar refractivity (Wildman–Crippen MR) is 95.7 cm³/mol. The highest BCUT2D eigenvalue weighted by molar-refractivity contribution is 5.94. The minimum atomic E-state index is -0.482. The fourth-order valence-corrected chi connectivity index (χ4v) is 3.97. The Labute approximate surface area is 156 Å². The average Bonchev–Trinajstić information content (AvgIpc) is 3.22. The Bertz CT molecular complexity index is 830. The molecule has 0 radical (unpaired) electrons. The van der Waals surface area contributed by atoms with Crippen molar-refractivity contribution in [2.75, 3.05) is 19.6 Å². The fraction of sp³-hybridized carbons (Fsp3) is 0.421. The molecule has 4 rings (SSSR count). The van der Waals surface area contributed by atoms with Crippen LogP contribution in [0.2, 0.25) is 0 Å². The van der Waals surface area contributed by atoms with Crippen molar-refractivity contribution >= 4 is 11.8 Å². The normalized spacial score (nSPS) is 19.5. The quantitative estimate of drug-likeness (QED) is 0.861. The second-order valence-corrected chi connectivity index (χ2v) is 7.20. The second kappa shape index (κ2) is 7.11. The Balaban J connectivity index is 1.44. The Kier molecular flexibility index (Phi) is 4.65. The molecule has 0 saturated carbocycles. The lowest BCUT2D eigenvalue weighted by molar-refractivity contribution is -0.155. The lowest BCUT2D eigenvalue weighted by Gasteiger charge is -2.46. The third-order valence-corrected chi connectivity index (χ3v) is 5.64. The Morgan fingerprint density at radius 3 is 2.70 bits per heavy atom. The van der Waals surface area contributed by atoms with Gasteiger partial charge < -0.3 is 4.90 Å². The van der Waals surface area contributed by atoms with Crippen LogP contribution in [-0.2, 0) is 11.3 Å². The summed E-state index contributed by atoms with van der Waals surface area (Å²) in [4.78, 5) is 27.4. The van der Waals surface area contributed by atoms with E-state index in [1.165, 1.54) is 17.3 Å². The monoisotopic (exact) mass is 371 g/mol. The zero-order chi connectivity index (χ0) is 18.9. The van der Waals surface area contributed by atoms with Gasteiger partial charge in [0.1, 0.15) is 5.82 Å². The Morgan fingerprint density at radius 2 is 2.00 bits per heavy atom. The highest BCUT2D eigenvalue weighted by Crippen LogP contribution is 2.39. The standard InChI is InChI=1S/C19H22FN5O2/c20-16-4-2-1-3-14(16)13-25-18(27)19(5-8-23-25)6-9-24(10-7-19)17(26)15-11-21-22-12-15/h1-4,11-12,23H,5-10,13H2,(H,21,22). The summed E-state index contributed by atoms with van der Waals surface area (Å²) >= 11 is 0. The second-order valence-electron chi connectivity index (χ2n) is 7.20. The highest BCUT2D eigenvalue weighted by Gasteiger charge is 2.46. The van der Waals surface area contributed by atoms with Gasteiger partial charge in [-0.15, -0.1) is 0 Å². The Hall–Kier alpha value is -2.74. The van der Waals surface area contributed by atoms with Gasteiger partial charge >= 0.3 is 0 Å². The van der Waals surface area contributed by atoms with Crippen LogP contribution in [0.25, 0.3) is 0 Å². The van der Waals surface area contributed by atoms with Crippen LogP contribution in [0.4, 0.5) is 4.39 Å². The predicted octanol–water partition coefficient (Wildman–Crippen LogP) is 1.71. The number of halogens is 1. The number of nitrogens with one attached hydrogen (secondary N) is 2. The maximum atomic E-state index is 14.0. The summed E-state index contributed by atoms with van der Waals surface area (Å²) in [5, 5.41) is 8.01. The fourth-order valence-electron chi connectivity index (χ4n) is 3.97. The molecule has 0 bridgehead atoms. The molecule has 1 spiro atoms. The number of hydrogen-bond donors (Lipinski definition) is 2.